The first kappa shape index (κ1) is 15.7. The minimum Gasteiger partial charge on any atom is -0.362 e. The fourth-order valence-corrected chi connectivity index (χ4v) is 3.73. The SMILES string of the molecule is CC(C)CNC(=S)NC1CC(C)(C)CC(C)(C)C1. The molecule has 0 bridgehead atoms. The number of hydrogen-bond acceptors (Lipinski definition) is 1. The molecule has 0 aliphatic heterocycles. The van der Waals surface area contributed by atoms with Crippen LogP contribution in [0.3, 0.4) is 0 Å². The fraction of sp³-hybridized carbons (Fsp3) is 0.933. The van der Waals surface area contributed by atoms with Gasteiger partial charge in [0.15, 0.2) is 5.11 Å². The normalized spacial score (nSPS) is 22.8. The van der Waals surface area contributed by atoms with E-state index in [-0.39, 0.29) is 0 Å². The summed E-state index contributed by atoms with van der Waals surface area (Å²) >= 11 is 5.38. The largest absolute Gasteiger partial charge is 0.362 e. The van der Waals surface area contributed by atoms with Crippen molar-refractivity contribution in [2.45, 2.75) is 66.8 Å². The highest BCUT2D eigenvalue weighted by Crippen LogP contribution is 2.45. The van der Waals surface area contributed by atoms with Crippen molar-refractivity contribution in [1.82, 2.24) is 10.6 Å². The maximum Gasteiger partial charge on any atom is 0.166 e. The molecule has 0 saturated heterocycles. The van der Waals surface area contributed by atoms with Crippen LogP contribution < -0.4 is 10.6 Å². The van der Waals surface area contributed by atoms with Gasteiger partial charge in [0.25, 0.3) is 0 Å². The van der Waals surface area contributed by atoms with Gasteiger partial charge in [0.2, 0.25) is 0 Å². The molecule has 1 rings (SSSR count). The van der Waals surface area contributed by atoms with Crippen LogP contribution in [-0.2, 0) is 0 Å². The zero-order chi connectivity index (χ0) is 14.0. The molecule has 2 N–H and O–H groups in total. The van der Waals surface area contributed by atoms with Crippen LogP contribution in [0.4, 0.5) is 0 Å². The molecule has 0 aromatic heterocycles. The maximum absolute atomic E-state index is 5.38. The molecule has 0 aromatic rings. The summed E-state index contributed by atoms with van der Waals surface area (Å²) in [6, 6.07) is 0.510. The highest BCUT2D eigenvalue weighted by molar-refractivity contribution is 7.80. The van der Waals surface area contributed by atoms with Crippen molar-refractivity contribution < 1.29 is 0 Å². The van der Waals surface area contributed by atoms with E-state index in [4.69, 9.17) is 12.2 Å². The summed E-state index contributed by atoms with van der Waals surface area (Å²) in [5.74, 6) is 0.629. The third kappa shape index (κ3) is 5.55. The van der Waals surface area contributed by atoms with Crippen LogP contribution in [0.25, 0.3) is 0 Å². The molecule has 1 fully saturated rings. The van der Waals surface area contributed by atoms with E-state index in [2.05, 4.69) is 52.2 Å². The molecule has 0 spiro atoms. The maximum atomic E-state index is 5.38. The third-order valence-electron chi connectivity index (χ3n) is 3.56. The first-order chi connectivity index (χ1) is 8.10. The Morgan fingerprint density at radius 1 is 1.17 bits per heavy atom. The zero-order valence-electron chi connectivity index (χ0n) is 12.9. The lowest BCUT2D eigenvalue weighted by Crippen LogP contribution is -2.49. The van der Waals surface area contributed by atoms with Crippen molar-refractivity contribution in [3.05, 3.63) is 0 Å². The predicted octanol–water partition coefficient (Wildman–Crippen LogP) is 3.71. The van der Waals surface area contributed by atoms with Crippen LogP contribution in [-0.4, -0.2) is 17.7 Å². The molecule has 0 aromatic carbocycles. The Morgan fingerprint density at radius 2 is 1.67 bits per heavy atom. The summed E-state index contributed by atoms with van der Waals surface area (Å²) in [5, 5.41) is 7.63. The molecule has 3 heteroatoms. The van der Waals surface area contributed by atoms with E-state index in [1.165, 1.54) is 19.3 Å². The number of hydrogen-bond donors (Lipinski definition) is 2. The van der Waals surface area contributed by atoms with Gasteiger partial charge in [-0.2, -0.15) is 0 Å². The van der Waals surface area contributed by atoms with E-state index in [1.54, 1.807) is 0 Å². The monoisotopic (exact) mass is 270 g/mol. The summed E-state index contributed by atoms with van der Waals surface area (Å²) in [6.45, 7) is 14.8. The quantitative estimate of drug-likeness (QED) is 0.765. The lowest BCUT2D eigenvalue weighted by atomic mass is 9.63. The van der Waals surface area contributed by atoms with Gasteiger partial charge in [0.1, 0.15) is 0 Å². The molecule has 1 aliphatic rings. The Morgan fingerprint density at radius 3 is 2.11 bits per heavy atom. The van der Waals surface area contributed by atoms with Gasteiger partial charge in [-0.25, -0.2) is 0 Å². The van der Waals surface area contributed by atoms with Gasteiger partial charge < -0.3 is 10.6 Å². The number of nitrogens with one attached hydrogen (secondary N) is 2. The number of thiocarbonyl (C=S) groups is 1. The van der Waals surface area contributed by atoms with Gasteiger partial charge >= 0.3 is 0 Å². The molecule has 1 saturated carbocycles. The van der Waals surface area contributed by atoms with Crippen molar-refractivity contribution in [1.29, 1.82) is 0 Å². The van der Waals surface area contributed by atoms with Crippen LogP contribution in [0.15, 0.2) is 0 Å². The van der Waals surface area contributed by atoms with E-state index in [0.717, 1.165) is 11.7 Å². The Hall–Kier alpha value is -0.310. The summed E-state index contributed by atoms with van der Waals surface area (Å²) in [5.41, 5.74) is 0.820. The molecular weight excluding hydrogens is 240 g/mol. The Labute approximate surface area is 118 Å². The Balaban J connectivity index is 2.49. The lowest BCUT2D eigenvalue weighted by Gasteiger charge is -2.45. The third-order valence-corrected chi connectivity index (χ3v) is 3.82. The van der Waals surface area contributed by atoms with Crippen LogP contribution in [0, 0.1) is 16.7 Å². The van der Waals surface area contributed by atoms with Gasteiger partial charge in [-0.15, -0.1) is 0 Å². The van der Waals surface area contributed by atoms with E-state index >= 15 is 0 Å². The first-order valence-corrected chi connectivity index (χ1v) is 7.55. The van der Waals surface area contributed by atoms with Gasteiger partial charge in [0, 0.05) is 12.6 Å². The highest BCUT2D eigenvalue weighted by atomic mass is 32.1. The number of rotatable bonds is 3. The average Bonchev–Trinajstić information content (AvgIpc) is 2.09. The summed E-state index contributed by atoms with van der Waals surface area (Å²) in [4.78, 5) is 0. The molecule has 18 heavy (non-hydrogen) atoms. The first-order valence-electron chi connectivity index (χ1n) is 7.14. The van der Waals surface area contributed by atoms with Gasteiger partial charge in [0.05, 0.1) is 0 Å². The van der Waals surface area contributed by atoms with Gasteiger partial charge in [-0.05, 0) is 48.2 Å². The molecule has 2 nitrogen and oxygen atoms in total. The topological polar surface area (TPSA) is 24.1 Å². The minimum absolute atomic E-state index is 0.410. The lowest BCUT2D eigenvalue weighted by molar-refractivity contribution is 0.0921. The van der Waals surface area contributed by atoms with Crippen molar-refractivity contribution >= 4 is 17.3 Å². The van der Waals surface area contributed by atoms with Crippen LogP contribution >= 0.6 is 12.2 Å². The molecule has 106 valence electrons. The molecule has 0 atom stereocenters. The molecule has 0 heterocycles. The summed E-state index contributed by atoms with van der Waals surface area (Å²) < 4.78 is 0. The predicted molar refractivity (Wildman–Crippen MR) is 83.8 cm³/mol. The molecule has 0 radical (unpaired) electrons. The second kappa shape index (κ2) is 5.77. The second-order valence-electron chi connectivity index (χ2n) is 7.86. The van der Waals surface area contributed by atoms with Crippen LogP contribution in [0.1, 0.15) is 60.8 Å². The van der Waals surface area contributed by atoms with Gasteiger partial charge in [-0.1, -0.05) is 41.5 Å². The molecular formula is C15H30N2S. The van der Waals surface area contributed by atoms with Crippen molar-refractivity contribution in [3.8, 4) is 0 Å². The minimum atomic E-state index is 0.410. The molecule has 0 amide bonds. The second-order valence-corrected chi connectivity index (χ2v) is 8.27. The van der Waals surface area contributed by atoms with Crippen molar-refractivity contribution in [2.24, 2.45) is 16.7 Å². The Bertz CT molecular complexity index is 279. The zero-order valence-corrected chi connectivity index (χ0v) is 13.7. The molecule has 1 aliphatic carbocycles. The van der Waals surface area contributed by atoms with E-state index in [9.17, 15) is 0 Å². The van der Waals surface area contributed by atoms with Crippen molar-refractivity contribution in [3.63, 3.8) is 0 Å². The smallest absolute Gasteiger partial charge is 0.166 e. The standard InChI is InChI=1S/C15H30N2S/c1-11(2)9-16-13(18)17-12-7-14(3,4)10-15(5,6)8-12/h11-12H,7-10H2,1-6H3,(H2,16,17,18). The highest BCUT2D eigenvalue weighted by Gasteiger charge is 2.38. The van der Waals surface area contributed by atoms with E-state index < -0.39 is 0 Å². The summed E-state index contributed by atoms with van der Waals surface area (Å²) in [7, 11) is 0. The van der Waals surface area contributed by atoms with Crippen LogP contribution in [0.5, 0.6) is 0 Å². The fourth-order valence-electron chi connectivity index (χ4n) is 3.48. The summed E-state index contributed by atoms with van der Waals surface area (Å²) in [6.07, 6.45) is 3.71. The van der Waals surface area contributed by atoms with Crippen molar-refractivity contribution in [2.75, 3.05) is 6.54 Å². The average molecular weight is 270 g/mol. The van der Waals surface area contributed by atoms with E-state index in [1.807, 2.05) is 0 Å². The van der Waals surface area contributed by atoms with Crippen LogP contribution in [0.2, 0.25) is 0 Å². The Kier molecular flexibility index (Phi) is 5.05. The van der Waals surface area contributed by atoms with E-state index in [0.29, 0.717) is 22.8 Å². The molecule has 0 unspecified atom stereocenters. The van der Waals surface area contributed by atoms with Gasteiger partial charge in [-0.3, -0.25) is 0 Å².